The zero-order valence-electron chi connectivity index (χ0n) is 15.2. The summed E-state index contributed by atoms with van der Waals surface area (Å²) in [4.78, 5) is 14.6. The number of rotatable bonds is 3. The number of nitrogens with zero attached hydrogens (tertiary/aromatic N) is 2. The molecule has 0 aliphatic heterocycles. The molecule has 1 aliphatic carbocycles. The number of fused-ring (bicyclic) bond motifs is 1. The summed E-state index contributed by atoms with van der Waals surface area (Å²) < 4.78 is 1.95. The molecule has 1 amide bonds. The molecule has 136 valence electrons. The second-order valence-corrected chi connectivity index (χ2v) is 8.21. The van der Waals surface area contributed by atoms with Crippen LogP contribution in [0, 0.1) is 6.92 Å². The second-order valence-electron chi connectivity index (χ2n) is 7.18. The number of amides is 1. The minimum absolute atomic E-state index is 0.0655. The van der Waals surface area contributed by atoms with Crippen molar-refractivity contribution in [1.29, 1.82) is 0 Å². The van der Waals surface area contributed by atoms with Crippen molar-refractivity contribution in [3.8, 4) is 5.69 Å². The van der Waals surface area contributed by atoms with Crippen LogP contribution in [0.1, 0.15) is 60.3 Å². The van der Waals surface area contributed by atoms with Gasteiger partial charge in [-0.3, -0.25) is 4.79 Å². The zero-order valence-corrected chi connectivity index (χ0v) is 16.0. The van der Waals surface area contributed by atoms with Crippen LogP contribution in [0.4, 0.5) is 0 Å². The Labute approximate surface area is 158 Å². The fraction of sp³-hybridized carbons (Fsp3) is 0.429. The standard InChI is InChI=1S/C21H25N3OS/c1-15-18-14-19(20(25)22-16-10-6-3-2-4-7-11-16)26-21(18)24(23-15)17-12-8-5-9-13-17/h5,8-9,12-14,16H,2-4,6-7,10-11H2,1H3,(H,22,25). The summed E-state index contributed by atoms with van der Waals surface area (Å²) in [6.45, 7) is 2.00. The van der Waals surface area contributed by atoms with E-state index in [9.17, 15) is 4.79 Å². The highest BCUT2D eigenvalue weighted by molar-refractivity contribution is 7.20. The van der Waals surface area contributed by atoms with Gasteiger partial charge in [0.15, 0.2) is 0 Å². The summed E-state index contributed by atoms with van der Waals surface area (Å²) in [5.41, 5.74) is 1.99. The third-order valence-electron chi connectivity index (χ3n) is 5.21. The largest absolute Gasteiger partial charge is 0.349 e. The molecule has 1 saturated carbocycles. The normalized spacial score (nSPS) is 16.3. The highest BCUT2D eigenvalue weighted by atomic mass is 32.1. The van der Waals surface area contributed by atoms with E-state index in [-0.39, 0.29) is 5.91 Å². The van der Waals surface area contributed by atoms with Gasteiger partial charge in [-0.15, -0.1) is 11.3 Å². The van der Waals surface area contributed by atoms with Gasteiger partial charge in [0, 0.05) is 11.4 Å². The van der Waals surface area contributed by atoms with Crippen molar-refractivity contribution in [1.82, 2.24) is 15.1 Å². The Balaban J connectivity index is 1.58. The number of aryl methyl sites for hydroxylation is 1. The molecule has 3 aromatic rings. The van der Waals surface area contributed by atoms with Crippen LogP contribution in [0.2, 0.25) is 0 Å². The van der Waals surface area contributed by atoms with E-state index in [4.69, 9.17) is 0 Å². The third kappa shape index (κ3) is 3.54. The Kier molecular flexibility index (Phi) is 5.07. The van der Waals surface area contributed by atoms with E-state index in [1.165, 1.54) is 43.4 Å². The Morgan fingerprint density at radius 1 is 1.12 bits per heavy atom. The van der Waals surface area contributed by atoms with Crippen LogP contribution < -0.4 is 5.32 Å². The monoisotopic (exact) mass is 367 g/mol. The van der Waals surface area contributed by atoms with Crippen molar-refractivity contribution in [2.45, 2.75) is 57.9 Å². The first-order chi connectivity index (χ1) is 12.7. The van der Waals surface area contributed by atoms with Gasteiger partial charge in [0.1, 0.15) is 4.83 Å². The predicted octanol–water partition coefficient (Wildman–Crippen LogP) is 5.24. The van der Waals surface area contributed by atoms with Gasteiger partial charge in [0.25, 0.3) is 5.91 Å². The zero-order chi connectivity index (χ0) is 17.9. The molecule has 2 aromatic heterocycles. The molecule has 4 nitrogen and oxygen atoms in total. The average Bonchev–Trinajstić information content (AvgIpc) is 3.19. The molecule has 0 saturated heterocycles. The molecule has 4 rings (SSSR count). The van der Waals surface area contributed by atoms with Gasteiger partial charge >= 0.3 is 0 Å². The molecule has 0 spiro atoms. The number of aromatic nitrogens is 2. The predicted molar refractivity (Wildman–Crippen MR) is 107 cm³/mol. The summed E-state index contributed by atoms with van der Waals surface area (Å²) >= 11 is 1.53. The Morgan fingerprint density at radius 2 is 1.81 bits per heavy atom. The first kappa shape index (κ1) is 17.3. The van der Waals surface area contributed by atoms with Crippen molar-refractivity contribution in [2.24, 2.45) is 0 Å². The maximum atomic E-state index is 12.8. The molecule has 0 radical (unpaired) electrons. The fourth-order valence-electron chi connectivity index (χ4n) is 3.76. The first-order valence-electron chi connectivity index (χ1n) is 9.58. The van der Waals surface area contributed by atoms with Crippen LogP contribution >= 0.6 is 11.3 Å². The molecular formula is C21H25N3OS. The molecular weight excluding hydrogens is 342 g/mol. The van der Waals surface area contributed by atoms with Crippen LogP contribution in [-0.4, -0.2) is 21.7 Å². The smallest absolute Gasteiger partial charge is 0.261 e. The average molecular weight is 368 g/mol. The van der Waals surface area contributed by atoms with E-state index >= 15 is 0 Å². The highest BCUT2D eigenvalue weighted by Gasteiger charge is 2.20. The minimum Gasteiger partial charge on any atom is -0.349 e. The number of thiophene rings is 1. The SMILES string of the molecule is Cc1nn(-c2ccccc2)c2sc(C(=O)NC3CCCCCCC3)cc12. The maximum absolute atomic E-state index is 12.8. The van der Waals surface area contributed by atoms with Crippen molar-refractivity contribution >= 4 is 27.5 Å². The molecule has 0 unspecified atom stereocenters. The van der Waals surface area contributed by atoms with Gasteiger partial charge < -0.3 is 5.32 Å². The summed E-state index contributed by atoms with van der Waals surface area (Å²) in [6, 6.07) is 12.4. The Bertz CT molecular complexity index is 889. The van der Waals surface area contributed by atoms with E-state index < -0.39 is 0 Å². The van der Waals surface area contributed by atoms with Crippen molar-refractivity contribution in [3.63, 3.8) is 0 Å². The van der Waals surface area contributed by atoms with Crippen molar-refractivity contribution < 1.29 is 4.79 Å². The molecule has 0 bridgehead atoms. The van der Waals surface area contributed by atoms with Gasteiger partial charge in [0.2, 0.25) is 0 Å². The molecule has 0 atom stereocenters. The summed E-state index contributed by atoms with van der Waals surface area (Å²) in [5.74, 6) is 0.0655. The molecule has 1 aliphatic rings. The fourth-order valence-corrected chi connectivity index (χ4v) is 4.85. The molecule has 1 N–H and O–H groups in total. The number of nitrogens with one attached hydrogen (secondary N) is 1. The number of hydrogen-bond donors (Lipinski definition) is 1. The third-order valence-corrected chi connectivity index (χ3v) is 6.32. The summed E-state index contributed by atoms with van der Waals surface area (Å²) in [6.07, 6.45) is 8.58. The van der Waals surface area contributed by atoms with Crippen LogP contribution in [0.5, 0.6) is 0 Å². The van der Waals surface area contributed by atoms with Crippen LogP contribution in [-0.2, 0) is 0 Å². The highest BCUT2D eigenvalue weighted by Crippen LogP contribution is 2.30. The Morgan fingerprint density at radius 3 is 2.54 bits per heavy atom. The number of benzene rings is 1. The lowest BCUT2D eigenvalue weighted by Gasteiger charge is -2.20. The van der Waals surface area contributed by atoms with E-state index in [1.807, 2.05) is 48.0 Å². The number of carbonyl (C=O) groups is 1. The minimum atomic E-state index is 0.0655. The topological polar surface area (TPSA) is 46.9 Å². The molecule has 1 aromatic carbocycles. The number of hydrogen-bond acceptors (Lipinski definition) is 3. The van der Waals surface area contributed by atoms with Gasteiger partial charge in [-0.05, 0) is 38.0 Å². The quantitative estimate of drug-likeness (QED) is 0.688. The number of carbonyl (C=O) groups excluding carboxylic acids is 1. The first-order valence-corrected chi connectivity index (χ1v) is 10.4. The van der Waals surface area contributed by atoms with E-state index in [2.05, 4.69) is 10.4 Å². The lowest BCUT2D eigenvalue weighted by atomic mass is 9.97. The van der Waals surface area contributed by atoms with Gasteiger partial charge in [-0.2, -0.15) is 5.10 Å². The van der Waals surface area contributed by atoms with Gasteiger partial charge in [-0.1, -0.05) is 50.3 Å². The van der Waals surface area contributed by atoms with E-state index in [1.54, 1.807) is 0 Å². The van der Waals surface area contributed by atoms with Crippen molar-refractivity contribution in [2.75, 3.05) is 0 Å². The maximum Gasteiger partial charge on any atom is 0.261 e. The van der Waals surface area contributed by atoms with Crippen LogP contribution in [0.25, 0.3) is 15.9 Å². The lowest BCUT2D eigenvalue weighted by Crippen LogP contribution is -2.34. The van der Waals surface area contributed by atoms with Gasteiger partial charge in [0.05, 0.1) is 16.3 Å². The molecule has 26 heavy (non-hydrogen) atoms. The molecule has 5 heteroatoms. The second kappa shape index (κ2) is 7.62. The molecule has 2 heterocycles. The number of para-hydroxylation sites is 1. The van der Waals surface area contributed by atoms with Gasteiger partial charge in [-0.25, -0.2) is 4.68 Å². The lowest BCUT2D eigenvalue weighted by molar-refractivity contribution is 0.0934. The van der Waals surface area contributed by atoms with Crippen LogP contribution in [0.15, 0.2) is 36.4 Å². The summed E-state index contributed by atoms with van der Waals surface area (Å²) in [7, 11) is 0. The van der Waals surface area contributed by atoms with E-state index in [0.29, 0.717) is 6.04 Å². The summed E-state index contributed by atoms with van der Waals surface area (Å²) in [5, 5.41) is 9.00. The van der Waals surface area contributed by atoms with Crippen LogP contribution in [0.3, 0.4) is 0 Å². The van der Waals surface area contributed by atoms with Crippen molar-refractivity contribution in [3.05, 3.63) is 47.0 Å². The molecule has 1 fully saturated rings. The Hall–Kier alpha value is -2.14. The van der Waals surface area contributed by atoms with E-state index in [0.717, 1.165) is 39.3 Å².